The second kappa shape index (κ2) is 4.44. The van der Waals surface area contributed by atoms with Gasteiger partial charge >= 0.3 is 12.1 Å². The van der Waals surface area contributed by atoms with E-state index in [1.54, 1.807) is 20.8 Å². The number of carbonyl (C=O) groups excluding carboxylic acids is 1. The Bertz CT molecular complexity index is 360. The van der Waals surface area contributed by atoms with Gasteiger partial charge in [-0.1, -0.05) is 0 Å². The van der Waals surface area contributed by atoms with Gasteiger partial charge in [0.15, 0.2) is 0 Å². The molecule has 1 amide bonds. The molecule has 1 aliphatic carbocycles. The molecule has 2 bridgehead atoms. The van der Waals surface area contributed by atoms with E-state index in [4.69, 9.17) is 4.74 Å². The lowest BCUT2D eigenvalue weighted by atomic mass is 9.93. The first-order valence-corrected chi connectivity index (χ1v) is 6.52. The van der Waals surface area contributed by atoms with Crippen molar-refractivity contribution in [3.05, 3.63) is 0 Å². The largest absolute Gasteiger partial charge is 0.480 e. The van der Waals surface area contributed by atoms with Gasteiger partial charge < -0.3 is 9.84 Å². The minimum Gasteiger partial charge on any atom is -0.480 e. The van der Waals surface area contributed by atoms with Crippen molar-refractivity contribution in [1.82, 2.24) is 4.90 Å². The van der Waals surface area contributed by atoms with E-state index in [1.807, 2.05) is 0 Å². The van der Waals surface area contributed by atoms with E-state index in [1.165, 1.54) is 4.90 Å². The fourth-order valence-corrected chi connectivity index (χ4v) is 3.01. The molecule has 3 atom stereocenters. The first-order valence-electron chi connectivity index (χ1n) is 6.52. The van der Waals surface area contributed by atoms with Crippen molar-refractivity contribution in [3.63, 3.8) is 0 Å². The lowest BCUT2D eigenvalue weighted by Gasteiger charge is -2.39. The van der Waals surface area contributed by atoms with Gasteiger partial charge in [-0.15, -0.1) is 0 Å². The van der Waals surface area contributed by atoms with Gasteiger partial charge in [0, 0.05) is 6.04 Å². The van der Waals surface area contributed by atoms with Crippen molar-refractivity contribution >= 4 is 12.1 Å². The molecule has 1 saturated heterocycles. The van der Waals surface area contributed by atoms with Crippen molar-refractivity contribution in [2.24, 2.45) is 5.92 Å². The summed E-state index contributed by atoms with van der Waals surface area (Å²) < 4.78 is 5.33. The van der Waals surface area contributed by atoms with Crippen molar-refractivity contribution in [1.29, 1.82) is 0 Å². The number of carboxylic acids is 1. The number of amides is 1. The van der Waals surface area contributed by atoms with Crippen LogP contribution in [0.15, 0.2) is 0 Å². The molecule has 102 valence electrons. The van der Waals surface area contributed by atoms with Crippen molar-refractivity contribution in [3.8, 4) is 0 Å². The minimum atomic E-state index is -0.919. The molecule has 0 aromatic carbocycles. The standard InChI is InChI=1S/C13H21NO4/c1-13(2,3)18-12(17)14-9-5-4-8(6-9)7-10(14)11(15)16/h8-10H,4-7H2,1-3H3,(H,15,16). The van der Waals surface area contributed by atoms with E-state index in [-0.39, 0.29) is 6.04 Å². The lowest BCUT2D eigenvalue weighted by molar-refractivity contribution is -0.145. The van der Waals surface area contributed by atoms with Crippen LogP contribution in [0, 0.1) is 5.92 Å². The summed E-state index contributed by atoms with van der Waals surface area (Å²) in [6.07, 6.45) is 2.91. The highest BCUT2D eigenvalue weighted by molar-refractivity contribution is 5.81. The van der Waals surface area contributed by atoms with Crippen LogP contribution in [-0.2, 0) is 9.53 Å². The first kappa shape index (κ1) is 13.2. The molecule has 1 saturated carbocycles. The first-order chi connectivity index (χ1) is 8.28. The fraction of sp³-hybridized carbons (Fsp3) is 0.846. The van der Waals surface area contributed by atoms with E-state index in [0.29, 0.717) is 12.3 Å². The number of nitrogens with zero attached hydrogens (tertiary/aromatic N) is 1. The maximum atomic E-state index is 12.2. The third-order valence-corrected chi connectivity index (χ3v) is 3.69. The number of aliphatic carboxylic acids is 1. The number of carbonyl (C=O) groups is 2. The van der Waals surface area contributed by atoms with Crippen LogP contribution in [0.4, 0.5) is 4.79 Å². The molecule has 2 aliphatic rings. The van der Waals surface area contributed by atoms with Crippen molar-refractivity contribution < 1.29 is 19.4 Å². The van der Waals surface area contributed by atoms with Gasteiger partial charge in [0.1, 0.15) is 11.6 Å². The van der Waals surface area contributed by atoms with Crippen LogP contribution in [0.5, 0.6) is 0 Å². The van der Waals surface area contributed by atoms with E-state index in [0.717, 1.165) is 19.3 Å². The minimum absolute atomic E-state index is 0.0414. The number of likely N-dealkylation sites (tertiary alicyclic amines) is 1. The van der Waals surface area contributed by atoms with Crippen LogP contribution in [0.1, 0.15) is 46.5 Å². The van der Waals surface area contributed by atoms with Gasteiger partial charge in [-0.2, -0.15) is 0 Å². The number of fused-ring (bicyclic) bond motifs is 2. The predicted molar refractivity (Wildman–Crippen MR) is 65.2 cm³/mol. The fourth-order valence-electron chi connectivity index (χ4n) is 3.01. The molecule has 0 aromatic rings. The molecule has 5 heteroatoms. The zero-order chi connectivity index (χ0) is 13.5. The molecule has 1 heterocycles. The van der Waals surface area contributed by atoms with Gasteiger partial charge in [0.25, 0.3) is 0 Å². The maximum Gasteiger partial charge on any atom is 0.411 e. The number of rotatable bonds is 1. The van der Waals surface area contributed by atoms with Gasteiger partial charge in [-0.25, -0.2) is 9.59 Å². The van der Waals surface area contributed by atoms with Gasteiger partial charge in [0.05, 0.1) is 0 Å². The summed E-state index contributed by atoms with van der Waals surface area (Å²) in [5.74, 6) is -0.466. The van der Waals surface area contributed by atoms with Gasteiger partial charge in [-0.3, -0.25) is 4.90 Å². The molecular weight excluding hydrogens is 234 g/mol. The smallest absolute Gasteiger partial charge is 0.411 e. The quantitative estimate of drug-likeness (QED) is 0.780. The predicted octanol–water partition coefficient (Wildman–Crippen LogP) is 2.25. The van der Waals surface area contributed by atoms with Crippen molar-refractivity contribution in [2.45, 2.75) is 64.1 Å². The topological polar surface area (TPSA) is 66.8 Å². The third kappa shape index (κ3) is 2.60. The van der Waals surface area contributed by atoms with Crippen molar-refractivity contribution in [2.75, 3.05) is 0 Å². The molecule has 0 radical (unpaired) electrons. The molecular formula is C13H21NO4. The zero-order valence-electron chi connectivity index (χ0n) is 11.2. The molecule has 0 spiro atoms. The van der Waals surface area contributed by atoms with E-state index >= 15 is 0 Å². The number of piperidine rings is 1. The number of hydrogen-bond donors (Lipinski definition) is 1. The second-order valence-corrected chi connectivity index (χ2v) is 6.31. The summed E-state index contributed by atoms with van der Waals surface area (Å²) in [7, 11) is 0. The monoisotopic (exact) mass is 255 g/mol. The van der Waals surface area contributed by atoms with Crippen LogP contribution >= 0.6 is 0 Å². The Morgan fingerprint density at radius 1 is 1.22 bits per heavy atom. The van der Waals surface area contributed by atoms with Crippen LogP contribution in [0.25, 0.3) is 0 Å². The SMILES string of the molecule is CC(C)(C)OC(=O)N1C2CCC(C2)CC1C(=O)O. The lowest BCUT2D eigenvalue weighted by Crippen LogP contribution is -2.54. The molecule has 2 fully saturated rings. The molecule has 2 rings (SSSR count). The summed E-state index contributed by atoms with van der Waals surface area (Å²) in [5.41, 5.74) is -0.588. The zero-order valence-corrected chi connectivity index (χ0v) is 11.2. The van der Waals surface area contributed by atoms with Crippen LogP contribution in [-0.4, -0.2) is 39.8 Å². The highest BCUT2D eigenvalue weighted by Gasteiger charge is 2.46. The molecule has 1 N–H and O–H groups in total. The summed E-state index contributed by atoms with van der Waals surface area (Å²) in [4.78, 5) is 24.9. The molecule has 1 aliphatic heterocycles. The summed E-state index contributed by atoms with van der Waals surface area (Å²) in [5, 5.41) is 9.27. The third-order valence-electron chi connectivity index (χ3n) is 3.69. The van der Waals surface area contributed by atoms with E-state index < -0.39 is 23.7 Å². The number of carboxylic acid groups (broad SMARTS) is 1. The Labute approximate surface area is 107 Å². The van der Waals surface area contributed by atoms with Gasteiger partial charge in [-0.05, 0) is 52.4 Å². The molecule has 18 heavy (non-hydrogen) atoms. The maximum absolute atomic E-state index is 12.2. The number of hydrogen-bond acceptors (Lipinski definition) is 3. The second-order valence-electron chi connectivity index (χ2n) is 6.31. The summed E-state index contributed by atoms with van der Waals surface area (Å²) in [6, 6.07) is -0.675. The summed E-state index contributed by atoms with van der Waals surface area (Å²) >= 11 is 0. The van der Waals surface area contributed by atoms with Crippen LogP contribution in [0.2, 0.25) is 0 Å². The Morgan fingerprint density at radius 3 is 2.44 bits per heavy atom. The molecule has 5 nitrogen and oxygen atoms in total. The molecule has 0 aromatic heterocycles. The Hall–Kier alpha value is -1.26. The Kier molecular flexibility index (Phi) is 3.25. The van der Waals surface area contributed by atoms with E-state index in [2.05, 4.69) is 0 Å². The van der Waals surface area contributed by atoms with E-state index in [9.17, 15) is 14.7 Å². The van der Waals surface area contributed by atoms with Crippen LogP contribution < -0.4 is 0 Å². The summed E-state index contributed by atoms with van der Waals surface area (Å²) in [6.45, 7) is 5.38. The van der Waals surface area contributed by atoms with Gasteiger partial charge in [0.2, 0.25) is 0 Å². The van der Waals surface area contributed by atoms with Crippen LogP contribution in [0.3, 0.4) is 0 Å². The Morgan fingerprint density at radius 2 is 1.89 bits per heavy atom. The number of ether oxygens (including phenoxy) is 1. The average molecular weight is 255 g/mol. The molecule has 3 unspecified atom stereocenters. The highest BCUT2D eigenvalue weighted by Crippen LogP contribution is 2.40. The Balaban J connectivity index is 2.16. The normalized spacial score (nSPS) is 31.3. The highest BCUT2D eigenvalue weighted by atomic mass is 16.6. The average Bonchev–Trinajstić information content (AvgIpc) is 2.56.